The van der Waals surface area contributed by atoms with Gasteiger partial charge in [0.05, 0.1) is 5.92 Å². The van der Waals surface area contributed by atoms with Crippen molar-refractivity contribution in [3.05, 3.63) is 24.2 Å². The van der Waals surface area contributed by atoms with Crippen LogP contribution in [-0.2, 0) is 23.1 Å². The second kappa shape index (κ2) is 8.60. The molecule has 0 bridgehead atoms. The van der Waals surface area contributed by atoms with Crippen molar-refractivity contribution in [2.24, 2.45) is 18.9 Å². The lowest BCUT2D eigenvalue weighted by molar-refractivity contribution is -0.135. The Bertz CT molecular complexity index is 962. The molecule has 7 heteroatoms. The minimum absolute atomic E-state index is 0.158. The fourth-order valence-corrected chi connectivity index (χ4v) is 5.79. The SMILES string of the molecule is Cn1c(C[C@H]2CCN(C(=O)[C@H]3CC(=O)N(C4CCCCCC4)C3)C2)nc2cccnc21. The first-order valence-electron chi connectivity index (χ1n) is 11.9. The van der Waals surface area contributed by atoms with Crippen molar-refractivity contribution in [1.29, 1.82) is 0 Å². The number of hydrogen-bond donors (Lipinski definition) is 0. The summed E-state index contributed by atoms with van der Waals surface area (Å²) in [6.07, 6.45) is 11.2. The molecule has 2 saturated heterocycles. The molecule has 2 aromatic heterocycles. The largest absolute Gasteiger partial charge is 0.342 e. The molecule has 1 aliphatic carbocycles. The lowest BCUT2D eigenvalue weighted by atomic mass is 10.0. The normalized spacial score (nSPS) is 25.5. The van der Waals surface area contributed by atoms with Gasteiger partial charge in [0.15, 0.2) is 5.65 Å². The number of amides is 2. The smallest absolute Gasteiger partial charge is 0.228 e. The number of rotatable bonds is 4. The van der Waals surface area contributed by atoms with Gasteiger partial charge in [-0.3, -0.25) is 9.59 Å². The fourth-order valence-electron chi connectivity index (χ4n) is 5.79. The average molecular weight is 424 g/mol. The summed E-state index contributed by atoms with van der Waals surface area (Å²) in [5.41, 5.74) is 1.83. The molecule has 0 unspecified atom stereocenters. The van der Waals surface area contributed by atoms with Gasteiger partial charge in [0, 0.05) is 51.8 Å². The number of pyridine rings is 1. The molecule has 7 nitrogen and oxygen atoms in total. The van der Waals surface area contributed by atoms with Gasteiger partial charge in [-0.1, -0.05) is 25.7 Å². The van der Waals surface area contributed by atoms with E-state index in [0.29, 0.717) is 24.9 Å². The first-order chi connectivity index (χ1) is 15.1. The maximum absolute atomic E-state index is 13.2. The molecule has 0 N–H and O–H groups in total. The second-order valence-corrected chi connectivity index (χ2v) is 9.67. The third-order valence-corrected chi connectivity index (χ3v) is 7.56. The highest BCUT2D eigenvalue weighted by Gasteiger charge is 2.41. The molecular formula is C24H33N5O2. The number of carbonyl (C=O) groups is 2. The van der Waals surface area contributed by atoms with Crippen LogP contribution in [0.4, 0.5) is 0 Å². The van der Waals surface area contributed by atoms with Gasteiger partial charge >= 0.3 is 0 Å². The van der Waals surface area contributed by atoms with Crippen LogP contribution in [0.25, 0.3) is 11.2 Å². The Balaban J connectivity index is 1.19. The molecule has 2 amide bonds. The first kappa shape index (κ1) is 20.5. The number of carbonyl (C=O) groups excluding carboxylic acids is 2. The van der Waals surface area contributed by atoms with Gasteiger partial charge in [-0.15, -0.1) is 0 Å². The maximum atomic E-state index is 13.2. The number of fused-ring (bicyclic) bond motifs is 1. The second-order valence-electron chi connectivity index (χ2n) is 9.67. The molecule has 2 aromatic rings. The fraction of sp³-hybridized carbons (Fsp3) is 0.667. The summed E-state index contributed by atoms with van der Waals surface area (Å²) >= 11 is 0. The van der Waals surface area contributed by atoms with Crippen molar-refractivity contribution >= 4 is 23.0 Å². The number of nitrogens with zero attached hydrogens (tertiary/aromatic N) is 5. The molecule has 2 aliphatic heterocycles. The number of aromatic nitrogens is 3. The Morgan fingerprint density at radius 3 is 2.71 bits per heavy atom. The summed E-state index contributed by atoms with van der Waals surface area (Å²) in [5.74, 6) is 1.65. The van der Waals surface area contributed by atoms with Crippen molar-refractivity contribution in [3.63, 3.8) is 0 Å². The van der Waals surface area contributed by atoms with Crippen molar-refractivity contribution in [2.75, 3.05) is 19.6 Å². The van der Waals surface area contributed by atoms with Crippen molar-refractivity contribution in [3.8, 4) is 0 Å². The van der Waals surface area contributed by atoms with Crippen LogP contribution in [0.2, 0.25) is 0 Å². The van der Waals surface area contributed by atoms with Crippen molar-refractivity contribution in [2.45, 2.75) is 63.8 Å². The van der Waals surface area contributed by atoms with Crippen molar-refractivity contribution in [1.82, 2.24) is 24.3 Å². The van der Waals surface area contributed by atoms with Crippen molar-refractivity contribution < 1.29 is 9.59 Å². The van der Waals surface area contributed by atoms with E-state index < -0.39 is 0 Å². The highest BCUT2D eigenvalue weighted by Crippen LogP contribution is 2.30. The van der Waals surface area contributed by atoms with Gasteiger partial charge in [-0.25, -0.2) is 9.97 Å². The summed E-state index contributed by atoms with van der Waals surface area (Å²) in [4.78, 5) is 39.1. The molecule has 166 valence electrons. The molecule has 0 spiro atoms. The predicted octanol–water partition coefficient (Wildman–Crippen LogP) is 2.93. The van der Waals surface area contributed by atoms with Crippen LogP contribution in [0.5, 0.6) is 0 Å². The van der Waals surface area contributed by atoms with Crippen LogP contribution in [0.1, 0.15) is 57.2 Å². The number of hydrogen-bond acceptors (Lipinski definition) is 4. The summed E-state index contributed by atoms with van der Waals surface area (Å²) < 4.78 is 2.07. The number of likely N-dealkylation sites (tertiary alicyclic amines) is 2. The highest BCUT2D eigenvalue weighted by molar-refractivity contribution is 5.89. The first-order valence-corrected chi connectivity index (χ1v) is 11.9. The minimum Gasteiger partial charge on any atom is -0.342 e. The monoisotopic (exact) mass is 423 g/mol. The van der Waals surface area contributed by atoms with E-state index in [9.17, 15) is 9.59 Å². The number of aryl methyl sites for hydroxylation is 1. The van der Waals surface area contributed by atoms with Crippen LogP contribution in [0, 0.1) is 11.8 Å². The van der Waals surface area contributed by atoms with Gasteiger partial charge in [0.2, 0.25) is 11.8 Å². The quantitative estimate of drug-likeness (QED) is 0.709. The Morgan fingerprint density at radius 1 is 1.13 bits per heavy atom. The zero-order valence-corrected chi connectivity index (χ0v) is 18.5. The summed E-state index contributed by atoms with van der Waals surface area (Å²) in [6.45, 7) is 2.18. The molecule has 0 aromatic carbocycles. The highest BCUT2D eigenvalue weighted by atomic mass is 16.2. The van der Waals surface area contributed by atoms with Gasteiger partial charge in [-0.2, -0.15) is 0 Å². The molecule has 2 atom stereocenters. The molecular weight excluding hydrogens is 390 g/mol. The van der Waals surface area contributed by atoms with E-state index in [4.69, 9.17) is 4.98 Å². The Labute approximate surface area is 183 Å². The maximum Gasteiger partial charge on any atom is 0.228 e. The molecule has 3 fully saturated rings. The summed E-state index contributed by atoms with van der Waals surface area (Å²) in [6, 6.07) is 4.26. The van der Waals surface area contributed by atoms with Crippen LogP contribution in [0.15, 0.2) is 18.3 Å². The number of imidazole rings is 1. The molecule has 0 radical (unpaired) electrons. The van der Waals surface area contributed by atoms with Gasteiger partial charge in [-0.05, 0) is 37.3 Å². The van der Waals surface area contributed by atoms with E-state index >= 15 is 0 Å². The van der Waals surface area contributed by atoms with Crippen LogP contribution in [0.3, 0.4) is 0 Å². The molecule has 1 saturated carbocycles. The third kappa shape index (κ3) is 4.06. The zero-order chi connectivity index (χ0) is 21.4. The van der Waals surface area contributed by atoms with Crippen LogP contribution >= 0.6 is 0 Å². The predicted molar refractivity (Wildman–Crippen MR) is 118 cm³/mol. The van der Waals surface area contributed by atoms with E-state index in [-0.39, 0.29) is 17.7 Å². The minimum atomic E-state index is -0.158. The van der Waals surface area contributed by atoms with E-state index in [0.717, 1.165) is 55.8 Å². The standard InChI is InChI=1S/C24H33N5O2/c1-27-21(26-20-9-6-11-25-23(20)27)13-17-10-12-28(15-17)24(31)18-14-22(30)29(16-18)19-7-4-2-3-5-8-19/h6,9,11,17-19H,2-5,7-8,10,12-16H2,1H3/t17-,18+/m1/s1. The Morgan fingerprint density at radius 2 is 1.94 bits per heavy atom. The van der Waals surface area contributed by atoms with Crippen LogP contribution in [-0.4, -0.2) is 61.8 Å². The van der Waals surface area contributed by atoms with Gasteiger partial charge in [0.25, 0.3) is 0 Å². The lowest BCUT2D eigenvalue weighted by Gasteiger charge is -2.27. The average Bonchev–Trinajstić information content (AvgIpc) is 3.41. The van der Waals surface area contributed by atoms with E-state index in [1.54, 1.807) is 6.20 Å². The molecule has 31 heavy (non-hydrogen) atoms. The Kier molecular flexibility index (Phi) is 5.67. The van der Waals surface area contributed by atoms with E-state index in [1.807, 2.05) is 29.0 Å². The summed E-state index contributed by atoms with van der Waals surface area (Å²) in [5, 5.41) is 0. The van der Waals surface area contributed by atoms with E-state index in [1.165, 1.54) is 25.7 Å². The molecule has 3 aliphatic rings. The van der Waals surface area contributed by atoms with Crippen LogP contribution < -0.4 is 0 Å². The zero-order valence-electron chi connectivity index (χ0n) is 18.5. The molecule has 4 heterocycles. The summed E-state index contributed by atoms with van der Waals surface area (Å²) in [7, 11) is 2.02. The Hall–Kier alpha value is -2.44. The third-order valence-electron chi connectivity index (χ3n) is 7.56. The topological polar surface area (TPSA) is 71.3 Å². The van der Waals surface area contributed by atoms with Gasteiger partial charge in [0.1, 0.15) is 11.3 Å². The lowest BCUT2D eigenvalue weighted by Crippen LogP contribution is -2.39. The van der Waals surface area contributed by atoms with E-state index in [2.05, 4.69) is 9.55 Å². The molecule has 5 rings (SSSR count). The van der Waals surface area contributed by atoms with Gasteiger partial charge < -0.3 is 14.4 Å².